The van der Waals surface area contributed by atoms with Gasteiger partial charge < -0.3 is 24.8 Å². The summed E-state index contributed by atoms with van der Waals surface area (Å²) in [6.07, 6.45) is -9.88. The molecular weight excluding hydrogens is 672 g/mol. The number of hydrogen-bond donors (Lipinski definition) is 0. The molecule has 1 aliphatic carbocycles. The summed E-state index contributed by atoms with van der Waals surface area (Å²) in [7, 11) is 0. The van der Waals surface area contributed by atoms with Gasteiger partial charge in [0.05, 0.1) is 0 Å². The van der Waals surface area contributed by atoms with Crippen LogP contribution in [0.4, 0.5) is 26.3 Å². The summed E-state index contributed by atoms with van der Waals surface area (Å²) in [5.74, 6) is -0.0349. The Balaban J connectivity index is 0.00000161. The van der Waals surface area contributed by atoms with E-state index in [9.17, 15) is 26.3 Å². The average Bonchev–Trinajstić information content (AvgIpc) is 3.43. The maximum atomic E-state index is 13.8. The summed E-state index contributed by atoms with van der Waals surface area (Å²) in [6, 6.07) is 28.4. The largest absolute Gasteiger partial charge is 3.00 e. The van der Waals surface area contributed by atoms with E-state index in [-0.39, 0.29) is 68.6 Å². The van der Waals surface area contributed by atoms with Crippen molar-refractivity contribution in [3.8, 4) is 11.1 Å². The average molecular weight is 694 g/mol. The van der Waals surface area contributed by atoms with Gasteiger partial charge >= 0.3 is 38.6 Å². The molecule has 9 heteroatoms. The van der Waals surface area contributed by atoms with Crippen LogP contribution < -0.4 is 24.8 Å². The first-order valence-corrected chi connectivity index (χ1v) is 12.4. The third-order valence-electron chi connectivity index (χ3n) is 7.43. The maximum absolute atomic E-state index is 13.8. The molecule has 0 saturated carbocycles. The van der Waals surface area contributed by atoms with Gasteiger partial charge in [-0.15, -0.1) is 34.0 Å². The van der Waals surface area contributed by atoms with Gasteiger partial charge in [-0.05, 0) is 33.9 Å². The summed E-state index contributed by atoms with van der Waals surface area (Å²) in [5, 5.41) is 1.51. The number of alkyl halides is 6. The molecule has 1 atom stereocenters. The molecule has 5 aromatic rings. The standard InChI is InChI=1S/C33H21F6.2ClH.Zr/c1-19-25-12-7-8-14-27(25)31(29(19)20-9-3-2-4-10-20)30-26-13-6-5-11-21(26)17-28(30)22-15-23(32(34,35)36)18-24(16-22)33(37,38)39;;;/h2-19H,1H3;2*1H;/q-1;;;+3/p-2. The van der Waals surface area contributed by atoms with Crippen LogP contribution in [0.3, 0.4) is 0 Å². The van der Waals surface area contributed by atoms with Crippen LogP contribution in [-0.4, -0.2) is 0 Å². The van der Waals surface area contributed by atoms with Gasteiger partial charge in [0.2, 0.25) is 0 Å². The van der Waals surface area contributed by atoms with Gasteiger partial charge in [0.25, 0.3) is 0 Å². The number of benzene rings is 4. The van der Waals surface area contributed by atoms with Crippen molar-refractivity contribution < 1.29 is 77.4 Å². The second kappa shape index (κ2) is 12.5. The zero-order chi connectivity index (χ0) is 27.5. The maximum Gasteiger partial charge on any atom is 3.00 e. The van der Waals surface area contributed by atoms with Gasteiger partial charge in [-0.1, -0.05) is 97.4 Å². The summed E-state index contributed by atoms with van der Waals surface area (Å²) < 4.78 is 82.9. The topological polar surface area (TPSA) is 0 Å². The van der Waals surface area contributed by atoms with Crippen LogP contribution in [0.5, 0.6) is 0 Å². The van der Waals surface area contributed by atoms with Crippen molar-refractivity contribution in [2.45, 2.75) is 25.2 Å². The van der Waals surface area contributed by atoms with Crippen molar-refractivity contribution in [3.63, 3.8) is 0 Å². The zero-order valence-electron chi connectivity index (χ0n) is 21.9. The van der Waals surface area contributed by atoms with Crippen LogP contribution >= 0.6 is 0 Å². The predicted octanol–water partition coefficient (Wildman–Crippen LogP) is 4.35. The molecule has 0 heterocycles. The van der Waals surface area contributed by atoms with E-state index < -0.39 is 23.5 Å². The fourth-order valence-corrected chi connectivity index (χ4v) is 5.73. The monoisotopic (exact) mass is 691 g/mol. The molecule has 0 bridgehead atoms. The van der Waals surface area contributed by atoms with Crippen molar-refractivity contribution in [1.82, 2.24) is 0 Å². The minimum absolute atomic E-state index is 0. The number of allylic oxidation sites excluding steroid dienone is 1. The molecule has 42 heavy (non-hydrogen) atoms. The third kappa shape index (κ3) is 5.89. The van der Waals surface area contributed by atoms with Gasteiger partial charge in [-0.25, -0.2) is 0 Å². The van der Waals surface area contributed by atoms with Crippen molar-refractivity contribution in [2.24, 2.45) is 0 Å². The SMILES string of the molecule is CC1C(c2ccccc2)=C(c2c(-c3cc(C(F)(F)F)cc(C(F)(F)F)c3)[cH-]c3ccccc23)c2ccccc21.[Cl-].[Cl-].[Zr+3]. The molecule has 1 radical (unpaired) electrons. The van der Waals surface area contributed by atoms with E-state index in [1.54, 1.807) is 12.1 Å². The second-order valence-corrected chi connectivity index (χ2v) is 9.78. The van der Waals surface area contributed by atoms with E-state index in [0.717, 1.165) is 50.7 Å². The Labute approximate surface area is 270 Å². The normalized spacial score (nSPS) is 14.6. The molecule has 5 aromatic carbocycles. The Bertz CT molecular complexity index is 1720. The van der Waals surface area contributed by atoms with Crippen molar-refractivity contribution >= 4 is 21.9 Å². The van der Waals surface area contributed by atoms with Gasteiger partial charge in [-0.3, -0.25) is 0 Å². The fraction of sp³-hybridized carbons (Fsp3) is 0.121. The number of halogens is 8. The minimum atomic E-state index is -4.94. The molecule has 0 N–H and O–H groups in total. The van der Waals surface area contributed by atoms with Crippen molar-refractivity contribution in [3.05, 3.63) is 137 Å². The summed E-state index contributed by atoms with van der Waals surface area (Å²) in [4.78, 5) is 0. The van der Waals surface area contributed by atoms with Crippen LogP contribution in [0, 0.1) is 0 Å². The number of fused-ring (bicyclic) bond motifs is 2. The minimum Gasteiger partial charge on any atom is -1.00 e. The second-order valence-electron chi connectivity index (χ2n) is 9.78. The fourth-order valence-electron chi connectivity index (χ4n) is 5.73. The first-order chi connectivity index (χ1) is 18.5. The Morgan fingerprint density at radius 3 is 1.81 bits per heavy atom. The molecule has 1 unspecified atom stereocenters. The first-order valence-electron chi connectivity index (χ1n) is 12.4. The predicted molar refractivity (Wildman–Crippen MR) is 142 cm³/mol. The van der Waals surface area contributed by atoms with E-state index in [0.29, 0.717) is 11.1 Å². The van der Waals surface area contributed by atoms with E-state index in [2.05, 4.69) is 6.92 Å². The van der Waals surface area contributed by atoms with E-state index in [1.807, 2.05) is 72.8 Å². The Kier molecular flexibility index (Phi) is 10.0. The van der Waals surface area contributed by atoms with Gasteiger partial charge in [0.15, 0.2) is 0 Å². The summed E-state index contributed by atoms with van der Waals surface area (Å²) in [6.45, 7) is 2.07. The number of hydrogen-bond acceptors (Lipinski definition) is 0. The summed E-state index contributed by atoms with van der Waals surface area (Å²) in [5.41, 5.74) is 2.92. The van der Waals surface area contributed by atoms with E-state index in [4.69, 9.17) is 0 Å². The van der Waals surface area contributed by atoms with Crippen LogP contribution in [-0.2, 0) is 38.6 Å². The Hall–Kier alpha value is -2.73. The van der Waals surface area contributed by atoms with E-state index >= 15 is 0 Å². The molecule has 0 aliphatic heterocycles. The summed E-state index contributed by atoms with van der Waals surface area (Å²) >= 11 is 0. The smallest absolute Gasteiger partial charge is 1.00 e. The molecule has 0 saturated heterocycles. The van der Waals surface area contributed by atoms with Crippen molar-refractivity contribution in [2.75, 3.05) is 0 Å². The molecule has 0 aromatic heterocycles. The molecule has 1 aliphatic rings. The van der Waals surface area contributed by atoms with Gasteiger partial charge in [-0.2, -0.15) is 26.3 Å². The van der Waals surface area contributed by atoms with Gasteiger partial charge in [0, 0.05) is 17.0 Å². The molecule has 6 rings (SSSR count). The van der Waals surface area contributed by atoms with Crippen LogP contribution in [0.1, 0.15) is 46.2 Å². The van der Waals surface area contributed by atoms with E-state index in [1.165, 1.54) is 0 Å². The zero-order valence-corrected chi connectivity index (χ0v) is 25.9. The molecule has 0 fully saturated rings. The quantitative estimate of drug-likeness (QED) is 0.195. The molecule has 0 nitrogen and oxygen atoms in total. The molecule has 0 amide bonds. The third-order valence-corrected chi connectivity index (χ3v) is 7.43. The molecule has 213 valence electrons. The van der Waals surface area contributed by atoms with Gasteiger partial charge in [0.1, 0.15) is 0 Å². The van der Waals surface area contributed by atoms with Crippen LogP contribution in [0.2, 0.25) is 0 Å². The van der Waals surface area contributed by atoms with Crippen LogP contribution in [0.15, 0.2) is 103 Å². The van der Waals surface area contributed by atoms with Crippen LogP contribution in [0.25, 0.3) is 33.0 Å². The number of rotatable bonds is 3. The molecule has 0 spiro atoms. The van der Waals surface area contributed by atoms with Crippen molar-refractivity contribution in [1.29, 1.82) is 0 Å². The first kappa shape index (κ1) is 33.8. The Morgan fingerprint density at radius 2 is 1.19 bits per heavy atom. The Morgan fingerprint density at radius 1 is 0.643 bits per heavy atom. The molecular formula is C33H21Cl2F6Zr.